The molecule has 2 aromatic rings. The van der Waals surface area contributed by atoms with Gasteiger partial charge in [0.2, 0.25) is 5.88 Å². The van der Waals surface area contributed by atoms with E-state index in [9.17, 15) is 13.6 Å². The van der Waals surface area contributed by atoms with Crippen molar-refractivity contribution >= 4 is 17.5 Å². The van der Waals surface area contributed by atoms with Gasteiger partial charge in [0.15, 0.2) is 5.69 Å². The number of aromatic nitrogens is 1. The Labute approximate surface area is 124 Å². The maximum absolute atomic E-state index is 13.5. The van der Waals surface area contributed by atoms with Gasteiger partial charge in [0, 0.05) is 25.2 Å². The molecule has 0 spiro atoms. The molecule has 1 amide bonds. The summed E-state index contributed by atoms with van der Waals surface area (Å²) in [5, 5.41) is 5.99. The van der Waals surface area contributed by atoms with Gasteiger partial charge in [-0.05, 0) is 12.1 Å². The number of carbonyl (C=O) groups is 1. The first-order chi connectivity index (χ1) is 10.6. The molecule has 1 aliphatic heterocycles. The Morgan fingerprint density at radius 2 is 2.00 bits per heavy atom. The van der Waals surface area contributed by atoms with Crippen molar-refractivity contribution in [1.29, 1.82) is 0 Å². The summed E-state index contributed by atoms with van der Waals surface area (Å²) in [6.07, 6.45) is 0. The Balaban J connectivity index is 1.71. The third-order valence-corrected chi connectivity index (χ3v) is 3.23. The Bertz CT molecular complexity index is 684. The fourth-order valence-corrected chi connectivity index (χ4v) is 2.08. The molecule has 2 heterocycles. The van der Waals surface area contributed by atoms with E-state index in [1.807, 2.05) is 4.90 Å². The fourth-order valence-electron chi connectivity index (χ4n) is 2.08. The molecule has 1 saturated heterocycles. The number of benzene rings is 1. The van der Waals surface area contributed by atoms with E-state index < -0.39 is 17.5 Å². The molecule has 22 heavy (non-hydrogen) atoms. The van der Waals surface area contributed by atoms with Crippen LogP contribution in [0.4, 0.5) is 20.4 Å². The molecule has 0 aliphatic carbocycles. The van der Waals surface area contributed by atoms with Gasteiger partial charge in [-0.2, -0.15) is 0 Å². The van der Waals surface area contributed by atoms with Crippen LogP contribution in [0, 0.1) is 11.6 Å². The molecule has 1 fully saturated rings. The average molecular weight is 309 g/mol. The lowest BCUT2D eigenvalue weighted by molar-refractivity contribution is 0.101. The van der Waals surface area contributed by atoms with E-state index in [-0.39, 0.29) is 11.4 Å². The van der Waals surface area contributed by atoms with Crippen molar-refractivity contribution in [1.82, 2.24) is 5.16 Å². The van der Waals surface area contributed by atoms with Gasteiger partial charge in [0.1, 0.15) is 11.6 Å². The highest BCUT2D eigenvalue weighted by atomic mass is 19.1. The fraction of sp³-hybridized carbons (Fsp3) is 0.286. The van der Waals surface area contributed by atoms with Crippen LogP contribution in [0.15, 0.2) is 28.8 Å². The lowest BCUT2D eigenvalue weighted by Crippen LogP contribution is -2.35. The lowest BCUT2D eigenvalue weighted by Gasteiger charge is -2.25. The number of hydrogen-bond acceptors (Lipinski definition) is 5. The number of hydrogen-bond donors (Lipinski definition) is 1. The zero-order chi connectivity index (χ0) is 15.5. The molecule has 0 radical (unpaired) electrons. The molecule has 8 heteroatoms. The molecular formula is C14H13F2N3O3. The van der Waals surface area contributed by atoms with Crippen LogP contribution in [0.1, 0.15) is 10.5 Å². The number of halogens is 2. The number of amides is 1. The molecule has 6 nitrogen and oxygen atoms in total. The van der Waals surface area contributed by atoms with Gasteiger partial charge in [0.25, 0.3) is 5.91 Å². The molecule has 3 rings (SSSR count). The van der Waals surface area contributed by atoms with E-state index in [2.05, 4.69) is 10.5 Å². The minimum absolute atomic E-state index is 0.0187. The molecular weight excluding hydrogens is 296 g/mol. The summed E-state index contributed by atoms with van der Waals surface area (Å²) in [6, 6.07) is 4.37. The van der Waals surface area contributed by atoms with Crippen molar-refractivity contribution in [2.45, 2.75) is 0 Å². The van der Waals surface area contributed by atoms with Crippen LogP contribution in [0.5, 0.6) is 0 Å². The quantitative estimate of drug-likeness (QED) is 0.940. The highest BCUT2D eigenvalue weighted by Crippen LogP contribution is 2.19. The molecule has 0 saturated carbocycles. The van der Waals surface area contributed by atoms with E-state index in [0.29, 0.717) is 38.3 Å². The minimum atomic E-state index is -0.856. The van der Waals surface area contributed by atoms with Crippen LogP contribution in [0.25, 0.3) is 0 Å². The van der Waals surface area contributed by atoms with Gasteiger partial charge in [-0.1, -0.05) is 5.16 Å². The summed E-state index contributed by atoms with van der Waals surface area (Å²) in [4.78, 5) is 13.9. The highest BCUT2D eigenvalue weighted by molar-refractivity contribution is 6.03. The van der Waals surface area contributed by atoms with E-state index in [4.69, 9.17) is 9.26 Å². The topological polar surface area (TPSA) is 67.6 Å². The van der Waals surface area contributed by atoms with E-state index in [1.54, 1.807) is 0 Å². The van der Waals surface area contributed by atoms with Crippen molar-refractivity contribution in [3.05, 3.63) is 41.6 Å². The molecule has 1 N–H and O–H groups in total. The second kappa shape index (κ2) is 6.10. The number of anilines is 2. The van der Waals surface area contributed by atoms with Crippen LogP contribution in [-0.4, -0.2) is 37.4 Å². The zero-order valence-corrected chi connectivity index (χ0v) is 11.5. The number of carbonyl (C=O) groups excluding carboxylic acids is 1. The standard InChI is InChI=1S/C14H13F2N3O3/c15-9-1-2-11(10(16)7-9)17-14(20)12-8-13(22-18-12)19-3-5-21-6-4-19/h1-2,7-8H,3-6H2,(H,17,20). The second-order valence-electron chi connectivity index (χ2n) is 4.73. The first kappa shape index (κ1) is 14.5. The van der Waals surface area contributed by atoms with Gasteiger partial charge < -0.3 is 19.5 Å². The predicted octanol–water partition coefficient (Wildman–Crippen LogP) is 2.04. The van der Waals surface area contributed by atoms with Crippen LogP contribution in [-0.2, 0) is 4.74 Å². The monoisotopic (exact) mass is 309 g/mol. The van der Waals surface area contributed by atoms with Crippen molar-refractivity contribution in [2.24, 2.45) is 0 Å². The van der Waals surface area contributed by atoms with Crippen LogP contribution >= 0.6 is 0 Å². The van der Waals surface area contributed by atoms with Crippen molar-refractivity contribution in [2.75, 3.05) is 36.5 Å². The number of morpholine rings is 1. The van der Waals surface area contributed by atoms with Gasteiger partial charge in [-0.3, -0.25) is 4.79 Å². The van der Waals surface area contributed by atoms with E-state index >= 15 is 0 Å². The first-order valence-corrected chi connectivity index (χ1v) is 6.69. The normalized spacial score (nSPS) is 14.9. The minimum Gasteiger partial charge on any atom is -0.378 e. The van der Waals surface area contributed by atoms with Gasteiger partial charge in [0.05, 0.1) is 18.9 Å². The predicted molar refractivity (Wildman–Crippen MR) is 73.8 cm³/mol. The van der Waals surface area contributed by atoms with E-state index in [1.165, 1.54) is 6.07 Å². The van der Waals surface area contributed by atoms with Crippen molar-refractivity contribution in [3.63, 3.8) is 0 Å². The Hall–Kier alpha value is -2.48. The summed E-state index contributed by atoms with van der Waals surface area (Å²) < 4.78 is 36.7. The Morgan fingerprint density at radius 3 is 2.73 bits per heavy atom. The third-order valence-electron chi connectivity index (χ3n) is 3.23. The molecule has 0 bridgehead atoms. The SMILES string of the molecule is O=C(Nc1ccc(F)cc1F)c1cc(N2CCOCC2)on1. The van der Waals surface area contributed by atoms with Gasteiger partial charge >= 0.3 is 0 Å². The average Bonchev–Trinajstić information content (AvgIpc) is 3.01. The maximum atomic E-state index is 13.5. The molecule has 0 unspecified atom stereocenters. The lowest BCUT2D eigenvalue weighted by atomic mass is 10.3. The van der Waals surface area contributed by atoms with Crippen LogP contribution in [0.2, 0.25) is 0 Å². The van der Waals surface area contributed by atoms with Crippen LogP contribution < -0.4 is 10.2 Å². The summed E-state index contributed by atoms with van der Waals surface area (Å²) in [7, 11) is 0. The number of nitrogens with one attached hydrogen (secondary N) is 1. The molecule has 1 aromatic carbocycles. The number of ether oxygens (including phenoxy) is 1. The number of nitrogens with zero attached hydrogens (tertiary/aromatic N) is 2. The van der Waals surface area contributed by atoms with Crippen LogP contribution in [0.3, 0.4) is 0 Å². The molecule has 0 atom stereocenters. The smallest absolute Gasteiger partial charge is 0.278 e. The third kappa shape index (κ3) is 3.06. The Morgan fingerprint density at radius 1 is 1.23 bits per heavy atom. The zero-order valence-electron chi connectivity index (χ0n) is 11.5. The largest absolute Gasteiger partial charge is 0.378 e. The number of rotatable bonds is 3. The Kier molecular flexibility index (Phi) is 4.01. The molecule has 1 aromatic heterocycles. The highest BCUT2D eigenvalue weighted by Gasteiger charge is 2.19. The molecule has 1 aliphatic rings. The van der Waals surface area contributed by atoms with Crippen molar-refractivity contribution < 1.29 is 22.8 Å². The summed E-state index contributed by atoms with van der Waals surface area (Å²) in [5.74, 6) is -1.75. The van der Waals surface area contributed by atoms with E-state index in [0.717, 1.165) is 12.1 Å². The summed E-state index contributed by atoms with van der Waals surface area (Å²) >= 11 is 0. The molecule has 116 valence electrons. The van der Waals surface area contributed by atoms with Gasteiger partial charge in [-0.25, -0.2) is 8.78 Å². The van der Waals surface area contributed by atoms with Gasteiger partial charge in [-0.15, -0.1) is 0 Å². The van der Waals surface area contributed by atoms with Crippen molar-refractivity contribution in [3.8, 4) is 0 Å². The summed E-state index contributed by atoms with van der Waals surface area (Å²) in [6.45, 7) is 2.43. The first-order valence-electron chi connectivity index (χ1n) is 6.69. The second-order valence-corrected chi connectivity index (χ2v) is 4.73. The summed E-state index contributed by atoms with van der Waals surface area (Å²) in [5.41, 5.74) is -0.104. The maximum Gasteiger partial charge on any atom is 0.278 e.